The van der Waals surface area contributed by atoms with E-state index in [2.05, 4.69) is 71.8 Å². The van der Waals surface area contributed by atoms with E-state index < -0.39 is 27.0 Å². The van der Waals surface area contributed by atoms with Crippen LogP contribution in [0.25, 0.3) is 22.2 Å². The summed E-state index contributed by atoms with van der Waals surface area (Å²) in [6.07, 6.45) is 9.50. The number of nitrogens with zero attached hydrogens (tertiary/aromatic N) is 9. The van der Waals surface area contributed by atoms with Crippen LogP contribution >= 0.6 is 0 Å². The van der Waals surface area contributed by atoms with Gasteiger partial charge in [-0.25, -0.2) is 31.9 Å². The molecule has 21 heteroatoms. The van der Waals surface area contributed by atoms with E-state index in [-0.39, 0.29) is 64.0 Å². The number of aryl methyl sites for hydroxylation is 1. The molecule has 338 valence electrons. The number of fused-ring (bicyclic) bond motifs is 1. The molecular formula is C43H51F2N13O5S. The number of allylic oxidation sites excluding steroid dienone is 2. The van der Waals surface area contributed by atoms with Gasteiger partial charge in [0.2, 0.25) is 22.2 Å². The lowest BCUT2D eigenvalue weighted by molar-refractivity contribution is -0.116. The Morgan fingerprint density at radius 2 is 1.98 bits per heavy atom. The van der Waals surface area contributed by atoms with Crippen LogP contribution in [0.15, 0.2) is 86.7 Å². The molecule has 5 aromatic rings. The first-order valence-electron chi connectivity index (χ1n) is 20.7. The van der Waals surface area contributed by atoms with Crippen LogP contribution in [0.1, 0.15) is 47.0 Å². The minimum atomic E-state index is -4.08. The lowest BCUT2D eigenvalue weighted by atomic mass is 9.95. The maximum atomic E-state index is 16.2. The van der Waals surface area contributed by atoms with Crippen LogP contribution in [0.3, 0.4) is 0 Å². The Bertz CT molecular complexity index is 2820. The number of ether oxygens (including phenoxy) is 1. The highest BCUT2D eigenvalue weighted by molar-refractivity contribution is 7.95. The highest BCUT2D eigenvalue weighted by Crippen LogP contribution is 2.36. The number of carbonyl (C=O) groups is 2. The van der Waals surface area contributed by atoms with E-state index in [9.17, 15) is 18.0 Å². The van der Waals surface area contributed by atoms with Crippen molar-refractivity contribution in [3.05, 3.63) is 88.8 Å². The largest absolute Gasteiger partial charge is 0.485 e. The lowest BCUT2D eigenvalue weighted by Gasteiger charge is -2.48. The van der Waals surface area contributed by atoms with Crippen molar-refractivity contribution in [3.8, 4) is 17.0 Å². The Balaban J connectivity index is 1.02. The number of amides is 2. The van der Waals surface area contributed by atoms with Crippen LogP contribution in [0.4, 0.5) is 26.0 Å². The van der Waals surface area contributed by atoms with E-state index >= 15 is 8.78 Å². The molecular weight excluding hydrogens is 849 g/mol. The number of nitrogens with one attached hydrogen (secondary N) is 4. The number of H-pyrrole nitrogens is 1. The fourth-order valence-corrected chi connectivity index (χ4v) is 9.26. The average molecular weight is 900 g/mol. The number of hydrogen-bond donors (Lipinski definition) is 4. The van der Waals surface area contributed by atoms with Crippen molar-refractivity contribution in [1.29, 1.82) is 0 Å². The van der Waals surface area contributed by atoms with Crippen molar-refractivity contribution in [1.82, 2.24) is 39.9 Å². The highest BCUT2D eigenvalue weighted by Gasteiger charge is 2.36. The number of aromatic amines is 1. The molecule has 0 atom stereocenters. The van der Waals surface area contributed by atoms with Crippen LogP contribution in [0, 0.1) is 11.6 Å². The molecule has 0 spiro atoms. The minimum Gasteiger partial charge on any atom is -0.485 e. The monoisotopic (exact) mass is 899 g/mol. The molecule has 3 aromatic heterocycles. The standard InChI is InChI=1S/C43H51F2N13O5S/c1-27(2)63-40-38(29-20-51-52-21-29)50-25-58(46-5)42(40)49-24-48-34-12-10-31(19-33(34)44)64(61,62)30-9-7-8-28(18-30)22-57-17-16-56(23-43(57,3)4)35-13-11-32-39(37(35)45)55(6)54-41(32)53-36(60)14-15-47-26-59/h9-13,18-21,25-27,48H,5,7-8,14-17,22-24H2,1-4,6H3,(H,47,59)(H,51,52)(H,53,54,60)/b49-42-. The molecule has 2 aromatic carbocycles. The van der Waals surface area contributed by atoms with Crippen molar-refractivity contribution in [3.63, 3.8) is 0 Å². The molecule has 4 N–H and O–H groups in total. The van der Waals surface area contributed by atoms with Crippen molar-refractivity contribution in [2.24, 2.45) is 17.1 Å². The van der Waals surface area contributed by atoms with Crippen LogP contribution in [-0.2, 0) is 26.5 Å². The molecule has 2 amide bonds. The molecule has 64 heavy (non-hydrogen) atoms. The summed E-state index contributed by atoms with van der Waals surface area (Å²) in [5.74, 6) is -1.03. The molecule has 0 unspecified atom stereocenters. The van der Waals surface area contributed by atoms with E-state index in [0.717, 1.165) is 11.6 Å². The van der Waals surface area contributed by atoms with Gasteiger partial charge in [-0.05, 0) is 76.9 Å². The third kappa shape index (κ3) is 9.59. The molecule has 4 heterocycles. The van der Waals surface area contributed by atoms with E-state index in [1.165, 1.54) is 27.8 Å². The van der Waals surface area contributed by atoms with E-state index in [0.29, 0.717) is 73.5 Å². The number of piperazine rings is 1. The van der Waals surface area contributed by atoms with E-state index in [4.69, 9.17) is 4.74 Å². The minimum absolute atomic E-state index is 0.0430. The van der Waals surface area contributed by atoms with E-state index in [1.54, 1.807) is 43.7 Å². The summed E-state index contributed by atoms with van der Waals surface area (Å²) < 4.78 is 68.5. The Kier molecular flexibility index (Phi) is 13.4. The number of hydrogen-bond acceptors (Lipinski definition) is 13. The molecule has 7 rings (SSSR count). The van der Waals surface area contributed by atoms with Crippen LogP contribution in [-0.4, -0.2) is 113 Å². The van der Waals surface area contributed by atoms with Gasteiger partial charge in [0.25, 0.3) is 0 Å². The summed E-state index contributed by atoms with van der Waals surface area (Å²) in [6.45, 7) is 13.5. The molecule has 1 saturated heterocycles. The zero-order valence-electron chi connectivity index (χ0n) is 36.2. The molecule has 1 fully saturated rings. The molecule has 2 aliphatic rings. The predicted octanol–water partition coefficient (Wildman–Crippen LogP) is 4.71. The van der Waals surface area contributed by atoms with Crippen LogP contribution in [0.2, 0.25) is 0 Å². The third-order valence-corrected chi connectivity index (χ3v) is 12.8. The first kappa shape index (κ1) is 45.3. The Morgan fingerprint density at radius 3 is 2.69 bits per heavy atom. The SMILES string of the molecule is C=Nn1cnc(-c2cn[nH]c2)c(OC(C)C)/c1=N/CNc1ccc(S(=O)(=O)C2=CCCC(CN3CCN(c4ccc5c(NC(=O)CCNC=O)nn(C)c5c4F)CC3(C)C)=C2)cc1F. The van der Waals surface area contributed by atoms with Gasteiger partial charge in [-0.2, -0.15) is 15.3 Å². The number of sulfone groups is 1. The topological polar surface area (TPSA) is 209 Å². The summed E-state index contributed by atoms with van der Waals surface area (Å²) in [6, 6.07) is 7.16. The number of rotatable bonds is 17. The van der Waals surface area contributed by atoms with E-state index in [1.807, 2.05) is 18.7 Å². The second-order valence-electron chi connectivity index (χ2n) is 16.3. The van der Waals surface area contributed by atoms with Crippen molar-refractivity contribution < 1.29 is 31.5 Å². The van der Waals surface area contributed by atoms with Gasteiger partial charge in [0.15, 0.2) is 22.9 Å². The van der Waals surface area contributed by atoms with Crippen molar-refractivity contribution in [2.45, 2.75) is 63.5 Å². The van der Waals surface area contributed by atoms with Gasteiger partial charge in [0.05, 0.1) is 33.5 Å². The Morgan fingerprint density at radius 1 is 1.17 bits per heavy atom. The summed E-state index contributed by atoms with van der Waals surface area (Å²) >= 11 is 0. The normalized spacial score (nSPS) is 15.8. The molecule has 1 aliphatic carbocycles. The number of aromatic nitrogens is 6. The van der Waals surface area contributed by atoms with Gasteiger partial charge in [0, 0.05) is 75.6 Å². The average Bonchev–Trinajstić information content (AvgIpc) is 3.90. The maximum absolute atomic E-state index is 16.2. The fourth-order valence-electron chi connectivity index (χ4n) is 7.82. The van der Waals surface area contributed by atoms with Crippen molar-refractivity contribution >= 4 is 57.0 Å². The maximum Gasteiger partial charge on any atom is 0.227 e. The highest BCUT2D eigenvalue weighted by atomic mass is 32.2. The van der Waals surface area contributed by atoms with Gasteiger partial charge in [-0.1, -0.05) is 11.6 Å². The predicted molar refractivity (Wildman–Crippen MR) is 239 cm³/mol. The zero-order valence-corrected chi connectivity index (χ0v) is 37.0. The van der Waals surface area contributed by atoms with Gasteiger partial charge in [-0.15, -0.1) is 0 Å². The molecule has 1 aliphatic heterocycles. The number of anilines is 3. The first-order valence-corrected chi connectivity index (χ1v) is 22.1. The number of carbonyl (C=O) groups excluding carboxylic acids is 2. The molecule has 0 bridgehead atoms. The lowest BCUT2D eigenvalue weighted by Crippen LogP contribution is -2.59. The fraction of sp³-hybridized carbons (Fsp3) is 0.372. The second kappa shape index (κ2) is 18.9. The first-order chi connectivity index (χ1) is 30.6. The second-order valence-corrected chi connectivity index (χ2v) is 18.2. The molecule has 0 radical (unpaired) electrons. The van der Waals surface area contributed by atoms with Gasteiger partial charge in [0.1, 0.15) is 30.0 Å². The summed E-state index contributed by atoms with van der Waals surface area (Å²) in [5.41, 5.74) is 2.59. The van der Waals surface area contributed by atoms with Gasteiger partial charge in [-0.3, -0.25) is 24.3 Å². The third-order valence-electron chi connectivity index (χ3n) is 11.0. The van der Waals surface area contributed by atoms with Crippen LogP contribution < -0.4 is 31.1 Å². The number of halogens is 2. The van der Waals surface area contributed by atoms with Gasteiger partial charge < -0.3 is 25.6 Å². The molecule has 18 nitrogen and oxygen atoms in total. The van der Waals surface area contributed by atoms with Crippen molar-refractivity contribution in [2.75, 3.05) is 54.9 Å². The summed E-state index contributed by atoms with van der Waals surface area (Å²) in [5, 5.41) is 23.6. The number of benzene rings is 2. The van der Waals surface area contributed by atoms with Gasteiger partial charge >= 0.3 is 0 Å². The Labute approximate surface area is 368 Å². The quantitative estimate of drug-likeness (QED) is 0.0571. The summed E-state index contributed by atoms with van der Waals surface area (Å²) in [7, 11) is -2.46. The smallest absolute Gasteiger partial charge is 0.227 e. The Hall–Kier alpha value is -6.74. The molecule has 0 saturated carbocycles. The zero-order chi connectivity index (χ0) is 45.8. The van der Waals surface area contributed by atoms with Crippen LogP contribution in [0.5, 0.6) is 5.75 Å². The summed E-state index contributed by atoms with van der Waals surface area (Å²) in [4.78, 5) is 36.1.